The zero-order valence-electron chi connectivity index (χ0n) is 9.37. The lowest BCUT2D eigenvalue weighted by Gasteiger charge is -2.06. The summed E-state index contributed by atoms with van der Waals surface area (Å²) in [6.07, 6.45) is 2.52. The van der Waals surface area contributed by atoms with Crippen molar-refractivity contribution in [2.75, 3.05) is 0 Å². The molecule has 0 atom stereocenters. The molecule has 0 N–H and O–H groups in total. The average Bonchev–Trinajstić information content (AvgIpc) is 2.27. The number of aromatic nitrogens is 2. The molecule has 2 aromatic rings. The topological polar surface area (TPSA) is 25.8 Å². The second kappa shape index (κ2) is 4.62. The van der Waals surface area contributed by atoms with Gasteiger partial charge in [0.1, 0.15) is 0 Å². The fourth-order valence-corrected chi connectivity index (χ4v) is 1.78. The number of hydrogen-bond donors (Lipinski definition) is 0. The van der Waals surface area contributed by atoms with E-state index in [1.165, 1.54) is 0 Å². The van der Waals surface area contributed by atoms with Crippen LogP contribution in [0.25, 0.3) is 0 Å². The van der Waals surface area contributed by atoms with Gasteiger partial charge in [-0.05, 0) is 25.5 Å². The van der Waals surface area contributed by atoms with Gasteiger partial charge in [-0.3, -0.25) is 9.97 Å². The lowest BCUT2D eigenvalue weighted by Crippen LogP contribution is -2.00. The average molecular weight is 233 g/mol. The van der Waals surface area contributed by atoms with Crippen LogP contribution in [0.3, 0.4) is 0 Å². The van der Waals surface area contributed by atoms with E-state index in [1.54, 1.807) is 6.20 Å². The van der Waals surface area contributed by atoms with Crippen molar-refractivity contribution in [3.05, 3.63) is 58.1 Å². The molecule has 1 heterocycles. The van der Waals surface area contributed by atoms with Gasteiger partial charge in [0.15, 0.2) is 0 Å². The van der Waals surface area contributed by atoms with Crippen molar-refractivity contribution in [1.82, 2.24) is 9.97 Å². The number of hydrogen-bond acceptors (Lipinski definition) is 2. The minimum Gasteiger partial charge on any atom is -0.258 e. The van der Waals surface area contributed by atoms with Gasteiger partial charge in [0.05, 0.1) is 17.1 Å². The SMILES string of the molecule is Cc1cnc(C)c(Cc2ccccc2Cl)n1. The van der Waals surface area contributed by atoms with Crippen LogP contribution in [0.15, 0.2) is 30.5 Å². The molecule has 0 aliphatic rings. The fourth-order valence-electron chi connectivity index (χ4n) is 1.58. The van der Waals surface area contributed by atoms with Crippen LogP contribution in [0.5, 0.6) is 0 Å². The van der Waals surface area contributed by atoms with Crippen LogP contribution < -0.4 is 0 Å². The monoisotopic (exact) mass is 232 g/mol. The van der Waals surface area contributed by atoms with E-state index in [1.807, 2.05) is 38.1 Å². The molecule has 0 fully saturated rings. The first kappa shape index (κ1) is 11.1. The Morgan fingerprint density at radius 3 is 2.69 bits per heavy atom. The highest BCUT2D eigenvalue weighted by atomic mass is 35.5. The number of nitrogens with zero attached hydrogens (tertiary/aromatic N) is 2. The minimum atomic E-state index is 0.736. The van der Waals surface area contributed by atoms with E-state index in [0.717, 1.165) is 34.1 Å². The van der Waals surface area contributed by atoms with E-state index in [0.29, 0.717) is 0 Å². The molecule has 2 nitrogen and oxygen atoms in total. The van der Waals surface area contributed by atoms with Gasteiger partial charge >= 0.3 is 0 Å². The molecule has 0 bridgehead atoms. The maximum absolute atomic E-state index is 6.12. The quantitative estimate of drug-likeness (QED) is 0.794. The minimum absolute atomic E-state index is 0.736. The normalized spacial score (nSPS) is 10.4. The molecule has 0 saturated heterocycles. The van der Waals surface area contributed by atoms with Crippen molar-refractivity contribution in [3.63, 3.8) is 0 Å². The van der Waals surface area contributed by atoms with Gasteiger partial charge in [-0.2, -0.15) is 0 Å². The third-order valence-electron chi connectivity index (χ3n) is 2.49. The van der Waals surface area contributed by atoms with Gasteiger partial charge in [-0.15, -0.1) is 0 Å². The van der Waals surface area contributed by atoms with Gasteiger partial charge in [0.2, 0.25) is 0 Å². The van der Waals surface area contributed by atoms with Crippen LogP contribution in [-0.2, 0) is 6.42 Å². The van der Waals surface area contributed by atoms with E-state index in [4.69, 9.17) is 11.6 Å². The highest BCUT2D eigenvalue weighted by Crippen LogP contribution is 2.19. The molecule has 82 valence electrons. The zero-order valence-corrected chi connectivity index (χ0v) is 10.1. The molecule has 1 aromatic carbocycles. The third kappa shape index (κ3) is 2.39. The van der Waals surface area contributed by atoms with Crippen LogP contribution in [0, 0.1) is 13.8 Å². The highest BCUT2D eigenvalue weighted by molar-refractivity contribution is 6.31. The molecular formula is C13H13ClN2. The third-order valence-corrected chi connectivity index (χ3v) is 2.86. The van der Waals surface area contributed by atoms with Crippen molar-refractivity contribution in [1.29, 1.82) is 0 Å². The second-order valence-corrected chi connectivity index (χ2v) is 4.22. The van der Waals surface area contributed by atoms with Crippen molar-refractivity contribution < 1.29 is 0 Å². The predicted molar refractivity (Wildman–Crippen MR) is 65.8 cm³/mol. The van der Waals surface area contributed by atoms with Crippen LogP contribution in [0.4, 0.5) is 0 Å². The number of rotatable bonds is 2. The number of halogens is 1. The summed E-state index contributed by atoms with van der Waals surface area (Å²) in [6.45, 7) is 3.92. The van der Waals surface area contributed by atoms with Crippen LogP contribution in [0.1, 0.15) is 22.6 Å². The molecule has 0 aliphatic heterocycles. The van der Waals surface area contributed by atoms with E-state index in [2.05, 4.69) is 9.97 Å². The molecule has 0 spiro atoms. The van der Waals surface area contributed by atoms with Crippen molar-refractivity contribution in [2.24, 2.45) is 0 Å². The molecule has 16 heavy (non-hydrogen) atoms. The van der Waals surface area contributed by atoms with Crippen molar-refractivity contribution >= 4 is 11.6 Å². The largest absolute Gasteiger partial charge is 0.258 e. The van der Waals surface area contributed by atoms with E-state index < -0.39 is 0 Å². The molecule has 3 heteroatoms. The Kier molecular flexibility index (Phi) is 3.20. The maximum Gasteiger partial charge on any atom is 0.0663 e. The Morgan fingerprint density at radius 2 is 1.94 bits per heavy atom. The summed E-state index contributed by atoms with van der Waals surface area (Å²) in [5, 5.41) is 0.783. The molecule has 0 aliphatic carbocycles. The lowest BCUT2D eigenvalue weighted by atomic mass is 10.1. The molecule has 0 saturated carbocycles. The Bertz CT molecular complexity index is 509. The first-order chi connectivity index (χ1) is 7.66. The first-order valence-corrected chi connectivity index (χ1v) is 5.57. The highest BCUT2D eigenvalue weighted by Gasteiger charge is 2.06. The summed E-state index contributed by atoms with van der Waals surface area (Å²) in [5.41, 5.74) is 3.98. The molecule has 0 unspecified atom stereocenters. The van der Waals surface area contributed by atoms with Gasteiger partial charge in [-0.1, -0.05) is 29.8 Å². The number of aryl methyl sites for hydroxylation is 2. The summed E-state index contributed by atoms with van der Waals surface area (Å²) in [5.74, 6) is 0. The molecule has 2 rings (SSSR count). The van der Waals surface area contributed by atoms with Gasteiger partial charge in [0.25, 0.3) is 0 Å². The second-order valence-electron chi connectivity index (χ2n) is 3.81. The molecule has 0 amide bonds. The molecule has 0 radical (unpaired) electrons. The van der Waals surface area contributed by atoms with Crippen LogP contribution >= 0.6 is 11.6 Å². The van der Waals surface area contributed by atoms with Gasteiger partial charge < -0.3 is 0 Å². The fraction of sp³-hybridized carbons (Fsp3) is 0.231. The Labute approximate surface area is 100 Å². The Hall–Kier alpha value is -1.41. The van der Waals surface area contributed by atoms with Crippen LogP contribution in [0.2, 0.25) is 5.02 Å². The first-order valence-electron chi connectivity index (χ1n) is 5.19. The standard InChI is InChI=1S/C13H13ClN2/c1-9-8-15-10(2)13(16-9)7-11-5-3-4-6-12(11)14/h3-6,8H,7H2,1-2H3. The summed E-state index contributed by atoms with van der Waals surface area (Å²) in [7, 11) is 0. The Balaban J connectivity index is 2.34. The summed E-state index contributed by atoms with van der Waals surface area (Å²) < 4.78 is 0. The van der Waals surface area contributed by atoms with Crippen molar-refractivity contribution in [2.45, 2.75) is 20.3 Å². The molecular weight excluding hydrogens is 220 g/mol. The van der Waals surface area contributed by atoms with Gasteiger partial charge in [-0.25, -0.2) is 0 Å². The van der Waals surface area contributed by atoms with Gasteiger partial charge in [0, 0.05) is 17.6 Å². The van der Waals surface area contributed by atoms with Crippen LogP contribution in [-0.4, -0.2) is 9.97 Å². The number of benzene rings is 1. The summed E-state index contributed by atoms with van der Waals surface area (Å²) >= 11 is 6.12. The Morgan fingerprint density at radius 1 is 1.19 bits per heavy atom. The maximum atomic E-state index is 6.12. The van der Waals surface area contributed by atoms with E-state index >= 15 is 0 Å². The van der Waals surface area contributed by atoms with E-state index in [-0.39, 0.29) is 0 Å². The van der Waals surface area contributed by atoms with E-state index in [9.17, 15) is 0 Å². The zero-order chi connectivity index (χ0) is 11.5. The summed E-state index contributed by atoms with van der Waals surface area (Å²) in [6, 6.07) is 7.83. The van der Waals surface area contributed by atoms with Crippen molar-refractivity contribution in [3.8, 4) is 0 Å². The predicted octanol–water partition coefficient (Wildman–Crippen LogP) is 3.34. The molecule has 1 aromatic heterocycles. The lowest BCUT2D eigenvalue weighted by molar-refractivity contribution is 0.951. The smallest absolute Gasteiger partial charge is 0.0663 e. The summed E-state index contributed by atoms with van der Waals surface area (Å²) in [4.78, 5) is 8.79.